The number of carbonyl (C=O) groups is 3. The summed E-state index contributed by atoms with van der Waals surface area (Å²) in [4.78, 5) is 37.9. The Bertz CT molecular complexity index is 980. The maximum atomic E-state index is 14.9. The smallest absolute Gasteiger partial charge is 0.414 e. The minimum Gasteiger partial charge on any atom is -0.460 e. The third kappa shape index (κ3) is 4.76. The minimum atomic E-state index is -3.21. The van der Waals surface area contributed by atoms with Gasteiger partial charge in [-0.3, -0.25) is 14.5 Å². The Morgan fingerprint density at radius 2 is 1.74 bits per heavy atom. The first-order valence-electron chi connectivity index (χ1n) is 10.9. The molecule has 1 aromatic rings. The number of esters is 1. The number of ether oxygens (including phenoxy) is 2. The topological polar surface area (TPSA) is 88.2 Å². The highest BCUT2D eigenvalue weighted by molar-refractivity contribution is 5.90. The van der Waals surface area contributed by atoms with Crippen molar-refractivity contribution in [2.24, 2.45) is 17.8 Å². The lowest BCUT2D eigenvalue weighted by Crippen LogP contribution is -2.37. The van der Waals surface area contributed by atoms with Gasteiger partial charge in [-0.25, -0.2) is 13.6 Å². The number of nitrogens with one attached hydrogen (secondary N) is 1. The second-order valence-electron chi connectivity index (χ2n) is 9.71. The van der Waals surface area contributed by atoms with Gasteiger partial charge in [-0.2, -0.15) is 8.78 Å². The van der Waals surface area contributed by atoms with Gasteiger partial charge in [0.25, 0.3) is 5.91 Å². The van der Waals surface area contributed by atoms with Crippen molar-refractivity contribution in [1.29, 1.82) is 0 Å². The summed E-state index contributed by atoms with van der Waals surface area (Å²) in [6.45, 7) is 5.41. The van der Waals surface area contributed by atoms with Crippen molar-refractivity contribution in [2.75, 3.05) is 36.0 Å². The van der Waals surface area contributed by atoms with Crippen molar-refractivity contribution in [3.05, 3.63) is 23.8 Å². The summed E-state index contributed by atoms with van der Waals surface area (Å²) in [5.41, 5.74) is -0.944. The number of carbonyl (C=O) groups excluding carboxylic acids is 3. The van der Waals surface area contributed by atoms with E-state index in [-0.39, 0.29) is 48.2 Å². The maximum Gasteiger partial charge on any atom is 0.414 e. The summed E-state index contributed by atoms with van der Waals surface area (Å²) in [7, 11) is 0. The standard InChI is InChI=1S/C22H25F4N3O5/c1-22(2,3)34-20(31)16-12-8-28(9-13(12)16)17-14(23)4-10(5-15(17)24)29-7-11(33-21(29)32)6-27-19(30)18(25)26/h4-5,11-13,16,18H,6-9H2,1-3H3,(H,27,30)/t11-,12-,13+,16?/m0/s1. The quantitative estimate of drug-likeness (QED) is 0.491. The third-order valence-corrected chi connectivity index (χ3v) is 6.08. The van der Waals surface area contributed by atoms with Crippen LogP contribution in [0.4, 0.5) is 33.7 Å². The highest BCUT2D eigenvalue weighted by Crippen LogP contribution is 2.54. The fraction of sp³-hybridized carbons (Fsp3) is 0.591. The molecule has 34 heavy (non-hydrogen) atoms. The van der Waals surface area contributed by atoms with Crippen molar-refractivity contribution in [3.63, 3.8) is 0 Å². The van der Waals surface area contributed by atoms with E-state index in [1.807, 2.05) is 5.32 Å². The van der Waals surface area contributed by atoms with Gasteiger partial charge in [-0.15, -0.1) is 0 Å². The summed E-state index contributed by atoms with van der Waals surface area (Å²) in [5.74, 6) is -3.92. The highest BCUT2D eigenvalue weighted by atomic mass is 19.3. The molecule has 1 unspecified atom stereocenters. The summed E-state index contributed by atoms with van der Waals surface area (Å²) in [6, 6.07) is 1.99. The molecular weight excluding hydrogens is 462 g/mol. The predicted molar refractivity (Wildman–Crippen MR) is 112 cm³/mol. The van der Waals surface area contributed by atoms with Crippen LogP contribution in [-0.2, 0) is 19.1 Å². The Morgan fingerprint density at radius 3 is 2.26 bits per heavy atom. The molecule has 2 saturated heterocycles. The monoisotopic (exact) mass is 487 g/mol. The number of cyclic esters (lactones) is 1. The van der Waals surface area contributed by atoms with Crippen molar-refractivity contribution < 1.29 is 41.4 Å². The number of hydrogen-bond acceptors (Lipinski definition) is 6. The molecule has 4 rings (SSSR count). The van der Waals surface area contributed by atoms with E-state index >= 15 is 0 Å². The Hall–Kier alpha value is -3.05. The number of fused-ring (bicyclic) bond motifs is 1. The second-order valence-corrected chi connectivity index (χ2v) is 9.71. The summed E-state index contributed by atoms with van der Waals surface area (Å²) >= 11 is 0. The van der Waals surface area contributed by atoms with Crippen molar-refractivity contribution >= 4 is 29.3 Å². The molecule has 1 aromatic carbocycles. The molecule has 0 spiro atoms. The van der Waals surface area contributed by atoms with Gasteiger partial charge in [0.1, 0.15) is 17.4 Å². The van der Waals surface area contributed by atoms with Gasteiger partial charge in [0.15, 0.2) is 11.6 Å². The SMILES string of the molecule is CC(C)(C)OC(=O)C1[C@H]2CN(c3c(F)cc(N4C[C@H](CNC(=O)C(F)F)OC4=O)cc3F)C[C@@H]12. The van der Waals surface area contributed by atoms with Crippen LogP contribution in [0.15, 0.2) is 12.1 Å². The van der Waals surface area contributed by atoms with E-state index < -0.39 is 41.8 Å². The number of alkyl halides is 2. The Kier molecular flexibility index (Phi) is 6.11. The third-order valence-electron chi connectivity index (χ3n) is 6.08. The first kappa shape index (κ1) is 24.1. The Labute approximate surface area is 193 Å². The number of benzene rings is 1. The van der Waals surface area contributed by atoms with Gasteiger partial charge < -0.3 is 19.7 Å². The van der Waals surface area contributed by atoms with E-state index in [2.05, 4.69) is 0 Å². The number of hydrogen-bond donors (Lipinski definition) is 1. The molecule has 12 heteroatoms. The van der Waals surface area contributed by atoms with Crippen LogP contribution >= 0.6 is 0 Å². The molecule has 0 radical (unpaired) electrons. The number of halogens is 4. The molecule has 4 atom stereocenters. The molecule has 186 valence electrons. The highest BCUT2D eigenvalue weighted by Gasteiger charge is 2.61. The predicted octanol–water partition coefficient (Wildman–Crippen LogP) is 2.70. The van der Waals surface area contributed by atoms with Crippen LogP contribution in [0.2, 0.25) is 0 Å². The average molecular weight is 487 g/mol. The molecule has 1 saturated carbocycles. The van der Waals surface area contributed by atoms with E-state index in [4.69, 9.17) is 9.47 Å². The van der Waals surface area contributed by atoms with E-state index in [1.165, 1.54) is 4.90 Å². The average Bonchev–Trinajstić information content (AvgIpc) is 3.02. The van der Waals surface area contributed by atoms with Crippen molar-refractivity contribution in [2.45, 2.75) is 38.9 Å². The fourth-order valence-electron chi connectivity index (χ4n) is 4.57. The van der Waals surface area contributed by atoms with Crippen molar-refractivity contribution in [1.82, 2.24) is 5.32 Å². The first-order chi connectivity index (χ1) is 15.9. The molecule has 1 aliphatic carbocycles. The molecule has 3 aliphatic rings. The molecule has 2 aliphatic heterocycles. The van der Waals surface area contributed by atoms with Gasteiger partial charge in [0, 0.05) is 25.2 Å². The first-order valence-corrected chi connectivity index (χ1v) is 10.9. The van der Waals surface area contributed by atoms with Gasteiger partial charge >= 0.3 is 18.5 Å². The number of rotatable bonds is 6. The Balaban J connectivity index is 1.39. The van der Waals surface area contributed by atoms with Crippen LogP contribution in [0.25, 0.3) is 0 Å². The zero-order valence-electron chi connectivity index (χ0n) is 18.8. The van der Waals surface area contributed by atoms with Crippen LogP contribution in [0, 0.1) is 29.4 Å². The van der Waals surface area contributed by atoms with Crippen LogP contribution in [-0.4, -0.2) is 62.3 Å². The van der Waals surface area contributed by atoms with Gasteiger partial charge in [-0.1, -0.05) is 0 Å². The lowest BCUT2D eigenvalue weighted by molar-refractivity contribution is -0.157. The van der Waals surface area contributed by atoms with E-state index in [1.54, 1.807) is 20.8 Å². The number of nitrogens with zero attached hydrogens (tertiary/aromatic N) is 2. The number of amides is 2. The minimum absolute atomic E-state index is 0.0360. The molecule has 3 fully saturated rings. The lowest BCUT2D eigenvalue weighted by Gasteiger charge is -2.25. The maximum absolute atomic E-state index is 14.9. The number of piperidine rings is 1. The fourth-order valence-corrected chi connectivity index (χ4v) is 4.57. The van der Waals surface area contributed by atoms with Crippen LogP contribution in [0.5, 0.6) is 0 Å². The van der Waals surface area contributed by atoms with E-state index in [9.17, 15) is 31.9 Å². The largest absolute Gasteiger partial charge is 0.460 e. The van der Waals surface area contributed by atoms with Gasteiger partial charge in [0.05, 0.1) is 24.7 Å². The zero-order chi connectivity index (χ0) is 24.9. The summed E-state index contributed by atoms with van der Waals surface area (Å²) in [6.07, 6.45) is -5.07. The normalized spacial score (nSPS) is 25.9. The molecule has 1 N–H and O–H groups in total. The molecule has 0 aromatic heterocycles. The van der Waals surface area contributed by atoms with Gasteiger partial charge in [-0.05, 0) is 32.6 Å². The van der Waals surface area contributed by atoms with E-state index in [0.717, 1.165) is 17.0 Å². The molecule has 2 heterocycles. The second kappa shape index (κ2) is 8.62. The molecule has 2 amide bonds. The van der Waals surface area contributed by atoms with Gasteiger partial charge in [0.2, 0.25) is 0 Å². The Morgan fingerprint density at radius 1 is 1.15 bits per heavy atom. The number of anilines is 2. The van der Waals surface area contributed by atoms with E-state index in [0.29, 0.717) is 13.1 Å². The molecule has 0 bridgehead atoms. The summed E-state index contributed by atoms with van der Waals surface area (Å²) < 4.78 is 64.8. The zero-order valence-corrected chi connectivity index (χ0v) is 18.8. The van der Waals surface area contributed by atoms with Crippen LogP contribution in [0.3, 0.4) is 0 Å². The van der Waals surface area contributed by atoms with Crippen LogP contribution < -0.4 is 15.1 Å². The molecule has 8 nitrogen and oxygen atoms in total. The summed E-state index contributed by atoms with van der Waals surface area (Å²) in [5, 5.41) is 1.94. The lowest BCUT2D eigenvalue weighted by atomic mass is 10.1. The molecular formula is C22H25F4N3O5. The van der Waals surface area contributed by atoms with Crippen LogP contribution in [0.1, 0.15) is 20.8 Å². The van der Waals surface area contributed by atoms with Crippen molar-refractivity contribution in [3.8, 4) is 0 Å².